The van der Waals surface area contributed by atoms with Crippen LogP contribution in [0.5, 0.6) is 0 Å². The van der Waals surface area contributed by atoms with Crippen LogP contribution >= 0.6 is 0 Å². The molecule has 32 heavy (non-hydrogen) atoms. The first-order chi connectivity index (χ1) is 15.7. The summed E-state index contributed by atoms with van der Waals surface area (Å²) in [4.78, 5) is 10.4. The molecule has 4 nitrogen and oxygen atoms in total. The highest BCUT2D eigenvalue weighted by Gasteiger charge is 2.02. The summed E-state index contributed by atoms with van der Waals surface area (Å²) in [7, 11) is 0. The van der Waals surface area contributed by atoms with Crippen LogP contribution in [-0.2, 0) is 4.79 Å². The minimum Gasteiger partial charge on any atom is -0.481 e. The first-order valence-corrected chi connectivity index (χ1v) is 14.3. The van der Waals surface area contributed by atoms with Gasteiger partial charge in [0.2, 0.25) is 0 Å². The van der Waals surface area contributed by atoms with E-state index in [9.17, 15) is 4.79 Å². The summed E-state index contributed by atoms with van der Waals surface area (Å²) < 4.78 is 0. The fraction of sp³-hybridized carbons (Fsp3) is 0.964. The average Bonchev–Trinajstić information content (AvgIpc) is 2.77. The number of hydrogen-bond donors (Lipinski definition) is 3. The molecule has 0 aromatic heterocycles. The zero-order chi connectivity index (χ0) is 23.5. The van der Waals surface area contributed by atoms with Gasteiger partial charge in [-0.3, -0.25) is 4.79 Å². The second-order valence-corrected chi connectivity index (χ2v) is 10.0. The zero-order valence-corrected chi connectivity index (χ0v) is 21.5. The van der Waals surface area contributed by atoms with Gasteiger partial charge in [-0.05, 0) is 32.2 Å². The van der Waals surface area contributed by atoms with Crippen LogP contribution in [0.4, 0.5) is 0 Å². The van der Waals surface area contributed by atoms with Crippen LogP contribution < -0.4 is 11.5 Å². The Labute approximate surface area is 200 Å². The summed E-state index contributed by atoms with van der Waals surface area (Å²) in [6, 6.07) is 0.428. The number of carboxylic acid groups (broad SMARTS) is 1. The largest absolute Gasteiger partial charge is 0.481 e. The van der Waals surface area contributed by atoms with E-state index in [-0.39, 0.29) is 0 Å². The third kappa shape index (κ3) is 27.4. The lowest BCUT2D eigenvalue weighted by Gasteiger charge is -2.11. The van der Waals surface area contributed by atoms with Crippen molar-refractivity contribution in [3.8, 4) is 0 Å². The molecule has 192 valence electrons. The highest BCUT2D eigenvalue weighted by Crippen LogP contribution is 2.15. The van der Waals surface area contributed by atoms with Crippen LogP contribution in [0.25, 0.3) is 0 Å². The summed E-state index contributed by atoms with van der Waals surface area (Å²) in [5, 5.41) is 8.60. The van der Waals surface area contributed by atoms with Gasteiger partial charge in [-0.15, -0.1) is 0 Å². The summed E-state index contributed by atoms with van der Waals surface area (Å²) in [6.45, 7) is 0.844. The minimum absolute atomic E-state index is 0.338. The third-order valence-electron chi connectivity index (χ3n) is 6.74. The smallest absolute Gasteiger partial charge is 0.303 e. The minimum atomic E-state index is -0.657. The van der Waals surface area contributed by atoms with Gasteiger partial charge in [-0.25, -0.2) is 0 Å². The standard InChI is InChI=1S/C28H58N2O2/c29-26-22-18-14-10-12-16-20-24-27(30)23-19-15-11-8-6-4-2-1-3-5-7-9-13-17-21-25-28(31)32/h27H,1-26,29-30H2,(H,31,32). The van der Waals surface area contributed by atoms with Crippen molar-refractivity contribution in [2.45, 2.75) is 167 Å². The molecule has 4 heteroatoms. The van der Waals surface area contributed by atoms with E-state index in [2.05, 4.69) is 0 Å². The number of rotatable bonds is 27. The molecular formula is C28H58N2O2. The molecule has 1 atom stereocenters. The van der Waals surface area contributed by atoms with Crippen LogP contribution in [0.1, 0.15) is 161 Å². The molecule has 0 radical (unpaired) electrons. The van der Waals surface area contributed by atoms with E-state index in [1.807, 2.05) is 0 Å². The Morgan fingerprint density at radius 1 is 0.500 bits per heavy atom. The second-order valence-electron chi connectivity index (χ2n) is 10.0. The Morgan fingerprint density at radius 3 is 1.09 bits per heavy atom. The Hall–Kier alpha value is -0.610. The Morgan fingerprint density at radius 2 is 0.781 bits per heavy atom. The van der Waals surface area contributed by atoms with Crippen molar-refractivity contribution < 1.29 is 9.90 Å². The molecular weight excluding hydrogens is 396 g/mol. The van der Waals surface area contributed by atoms with Gasteiger partial charge in [0.05, 0.1) is 0 Å². The molecule has 0 aliphatic heterocycles. The van der Waals surface area contributed by atoms with Crippen molar-refractivity contribution in [2.75, 3.05) is 6.54 Å². The maximum absolute atomic E-state index is 10.4. The van der Waals surface area contributed by atoms with Gasteiger partial charge < -0.3 is 16.6 Å². The monoisotopic (exact) mass is 454 g/mol. The third-order valence-corrected chi connectivity index (χ3v) is 6.74. The van der Waals surface area contributed by atoms with Crippen LogP contribution in [-0.4, -0.2) is 23.7 Å². The first-order valence-electron chi connectivity index (χ1n) is 14.3. The van der Waals surface area contributed by atoms with Crippen molar-refractivity contribution in [3.63, 3.8) is 0 Å². The normalized spacial score (nSPS) is 12.3. The lowest BCUT2D eigenvalue weighted by Crippen LogP contribution is -2.19. The molecule has 0 aliphatic rings. The van der Waals surface area contributed by atoms with E-state index < -0.39 is 5.97 Å². The summed E-state index contributed by atoms with van der Waals surface area (Å²) in [5.41, 5.74) is 11.8. The quantitative estimate of drug-likeness (QED) is 0.109. The fourth-order valence-electron chi connectivity index (χ4n) is 4.56. The molecule has 0 aromatic rings. The number of carbonyl (C=O) groups is 1. The predicted octanol–water partition coefficient (Wildman–Crippen LogP) is 8.11. The molecule has 0 amide bonds. The zero-order valence-electron chi connectivity index (χ0n) is 21.5. The van der Waals surface area contributed by atoms with Crippen molar-refractivity contribution in [3.05, 3.63) is 0 Å². The van der Waals surface area contributed by atoms with Crippen LogP contribution in [0.3, 0.4) is 0 Å². The Bertz CT molecular complexity index is 376. The molecule has 5 N–H and O–H groups in total. The Balaban J connectivity index is 3.13. The van der Waals surface area contributed by atoms with E-state index in [1.54, 1.807) is 0 Å². The number of unbranched alkanes of at least 4 members (excludes halogenated alkanes) is 20. The van der Waals surface area contributed by atoms with Gasteiger partial charge in [0.15, 0.2) is 0 Å². The molecule has 0 aliphatic carbocycles. The van der Waals surface area contributed by atoms with E-state index in [1.165, 1.54) is 141 Å². The van der Waals surface area contributed by atoms with Gasteiger partial charge in [-0.2, -0.15) is 0 Å². The van der Waals surface area contributed by atoms with Gasteiger partial charge in [0, 0.05) is 12.5 Å². The number of aliphatic carboxylic acids is 1. The maximum atomic E-state index is 10.4. The molecule has 0 bridgehead atoms. The SMILES string of the molecule is NCCCCCCCCCC(N)CCCCCCCCCCCCCCCCCC(=O)O. The van der Waals surface area contributed by atoms with Gasteiger partial charge in [0.25, 0.3) is 0 Å². The van der Waals surface area contributed by atoms with Crippen LogP contribution in [0, 0.1) is 0 Å². The summed E-state index contributed by atoms with van der Waals surface area (Å²) in [6.07, 6.45) is 31.5. The van der Waals surface area contributed by atoms with E-state index in [0.29, 0.717) is 12.5 Å². The number of hydrogen-bond acceptors (Lipinski definition) is 3. The van der Waals surface area contributed by atoms with Crippen molar-refractivity contribution in [1.29, 1.82) is 0 Å². The van der Waals surface area contributed by atoms with E-state index >= 15 is 0 Å². The number of carboxylic acids is 1. The van der Waals surface area contributed by atoms with Crippen LogP contribution in [0.2, 0.25) is 0 Å². The molecule has 1 unspecified atom stereocenters. The lowest BCUT2D eigenvalue weighted by atomic mass is 10.00. The predicted molar refractivity (Wildman–Crippen MR) is 140 cm³/mol. The van der Waals surface area contributed by atoms with Gasteiger partial charge >= 0.3 is 5.97 Å². The molecule has 0 rings (SSSR count). The average molecular weight is 455 g/mol. The molecule has 0 heterocycles. The summed E-state index contributed by atoms with van der Waals surface area (Å²) >= 11 is 0. The maximum Gasteiger partial charge on any atom is 0.303 e. The number of nitrogens with two attached hydrogens (primary N) is 2. The molecule has 0 aromatic carbocycles. The van der Waals surface area contributed by atoms with Crippen molar-refractivity contribution >= 4 is 5.97 Å². The molecule has 0 saturated heterocycles. The van der Waals surface area contributed by atoms with Crippen molar-refractivity contribution in [2.24, 2.45) is 11.5 Å². The van der Waals surface area contributed by atoms with Gasteiger partial charge in [-0.1, -0.05) is 128 Å². The Kier molecular flexibility index (Phi) is 26.1. The first kappa shape index (κ1) is 31.4. The topological polar surface area (TPSA) is 89.3 Å². The van der Waals surface area contributed by atoms with Crippen LogP contribution in [0.15, 0.2) is 0 Å². The second kappa shape index (κ2) is 26.6. The van der Waals surface area contributed by atoms with E-state index in [0.717, 1.165) is 19.4 Å². The highest BCUT2D eigenvalue weighted by atomic mass is 16.4. The molecule has 0 saturated carbocycles. The van der Waals surface area contributed by atoms with Gasteiger partial charge in [0.1, 0.15) is 0 Å². The van der Waals surface area contributed by atoms with Crippen molar-refractivity contribution in [1.82, 2.24) is 0 Å². The lowest BCUT2D eigenvalue weighted by molar-refractivity contribution is -0.137. The molecule has 0 fully saturated rings. The highest BCUT2D eigenvalue weighted by molar-refractivity contribution is 5.66. The fourth-order valence-corrected chi connectivity index (χ4v) is 4.56. The molecule has 0 spiro atoms. The summed E-state index contributed by atoms with van der Waals surface area (Å²) in [5.74, 6) is -0.657. The van der Waals surface area contributed by atoms with E-state index in [4.69, 9.17) is 16.6 Å².